The summed E-state index contributed by atoms with van der Waals surface area (Å²) in [6.07, 6.45) is 0. The van der Waals surface area contributed by atoms with E-state index in [2.05, 4.69) is 15.9 Å². The Balaban J connectivity index is 1.88. The van der Waals surface area contributed by atoms with Gasteiger partial charge in [0.05, 0.1) is 12.6 Å². The maximum Gasteiger partial charge on any atom is 0.323 e. The quantitative estimate of drug-likeness (QED) is 0.137. The largest absolute Gasteiger partial charge is 0.465 e. The minimum Gasteiger partial charge on any atom is -0.465 e. The molecule has 0 radical (unpaired) electrons. The maximum atomic E-state index is 14.5. The summed E-state index contributed by atoms with van der Waals surface area (Å²) in [5, 5.41) is 0. The smallest absolute Gasteiger partial charge is 0.323 e. The fraction of sp³-hybridized carbons (Fsp3) is 0.182. The summed E-state index contributed by atoms with van der Waals surface area (Å²) in [6.45, 7) is 3.73. The van der Waals surface area contributed by atoms with Gasteiger partial charge in [0, 0.05) is 16.1 Å². The summed E-state index contributed by atoms with van der Waals surface area (Å²) in [5.41, 5.74) is 1.80. The molecule has 1 amide bonds. The Hall–Kier alpha value is -4.03. The van der Waals surface area contributed by atoms with Crippen LogP contribution in [0.5, 0.6) is 0 Å². The van der Waals surface area contributed by atoms with E-state index in [1.54, 1.807) is 6.92 Å². The van der Waals surface area contributed by atoms with Crippen LogP contribution in [0, 0.1) is 12.3 Å². The summed E-state index contributed by atoms with van der Waals surface area (Å²) in [6, 6.07) is 32.7. The lowest BCUT2D eigenvalue weighted by atomic mass is 9.62. The Morgan fingerprint density at radius 2 is 1.38 bits per heavy atom. The van der Waals surface area contributed by atoms with Gasteiger partial charge in [0.2, 0.25) is 5.78 Å². The Bertz CT molecular complexity index is 1450. The van der Waals surface area contributed by atoms with Crippen molar-refractivity contribution in [3.05, 3.63) is 136 Å². The Morgan fingerprint density at radius 1 is 0.846 bits per heavy atom. The van der Waals surface area contributed by atoms with Crippen molar-refractivity contribution in [1.29, 1.82) is 0 Å². The number of carbonyl (C=O) groups excluding carboxylic acids is 3. The van der Waals surface area contributed by atoms with Crippen LogP contribution < -0.4 is 4.90 Å². The predicted molar refractivity (Wildman–Crippen MR) is 154 cm³/mol. The normalized spacial score (nSPS) is 19.0. The molecule has 2 unspecified atom stereocenters. The number of carbonyl (C=O) groups is 3. The van der Waals surface area contributed by atoms with Gasteiger partial charge in [-0.25, -0.2) is 0 Å². The van der Waals surface area contributed by atoms with Crippen molar-refractivity contribution in [3.63, 3.8) is 0 Å². The number of amides is 1. The molecule has 196 valence electrons. The number of benzene rings is 4. The molecule has 1 heterocycles. The van der Waals surface area contributed by atoms with E-state index in [1.807, 2.05) is 116 Å². The molecule has 0 spiro atoms. The molecule has 1 fully saturated rings. The number of halogens is 1. The van der Waals surface area contributed by atoms with Crippen molar-refractivity contribution >= 4 is 39.3 Å². The van der Waals surface area contributed by atoms with E-state index in [4.69, 9.17) is 4.74 Å². The van der Waals surface area contributed by atoms with Crippen molar-refractivity contribution in [3.8, 4) is 0 Å². The zero-order valence-electron chi connectivity index (χ0n) is 21.7. The second-order valence-corrected chi connectivity index (χ2v) is 10.6. The summed E-state index contributed by atoms with van der Waals surface area (Å²) < 4.78 is 6.54. The van der Waals surface area contributed by atoms with Crippen molar-refractivity contribution in [2.45, 2.75) is 25.8 Å². The fourth-order valence-corrected chi connectivity index (χ4v) is 5.90. The summed E-state index contributed by atoms with van der Waals surface area (Å²) in [5.74, 6) is -3.04. The number of hydrogen-bond acceptors (Lipinski definition) is 4. The molecule has 2 atom stereocenters. The summed E-state index contributed by atoms with van der Waals surface area (Å²) in [7, 11) is 0. The highest BCUT2D eigenvalue weighted by molar-refractivity contribution is 9.10. The van der Waals surface area contributed by atoms with E-state index in [-0.39, 0.29) is 6.61 Å². The molecule has 1 saturated heterocycles. The minimum absolute atomic E-state index is 0.0654. The topological polar surface area (TPSA) is 63.7 Å². The molecule has 5 nitrogen and oxygen atoms in total. The third-order valence-electron chi connectivity index (χ3n) is 7.31. The van der Waals surface area contributed by atoms with Crippen LogP contribution in [0.15, 0.2) is 114 Å². The highest BCUT2D eigenvalue weighted by atomic mass is 79.9. The number of ketones is 1. The van der Waals surface area contributed by atoms with Gasteiger partial charge in [-0.15, -0.1) is 0 Å². The number of nitrogens with zero attached hydrogens (tertiary/aromatic N) is 1. The van der Waals surface area contributed by atoms with E-state index in [9.17, 15) is 14.4 Å². The SMILES string of the molecule is CCOC(=O)C1(C(c2ccccc2)c2ccccc2)C(=O)C(=O)N(c2ccc(C)cc2)C1c1ccc(Br)cc1. The molecule has 39 heavy (non-hydrogen) atoms. The van der Waals surface area contributed by atoms with E-state index in [0.29, 0.717) is 11.3 Å². The van der Waals surface area contributed by atoms with Gasteiger partial charge in [0.1, 0.15) is 0 Å². The van der Waals surface area contributed by atoms with Crippen LogP contribution in [0.25, 0.3) is 0 Å². The molecule has 0 bridgehead atoms. The van der Waals surface area contributed by atoms with Gasteiger partial charge in [-0.1, -0.05) is 106 Å². The lowest BCUT2D eigenvalue weighted by Crippen LogP contribution is -2.48. The Labute approximate surface area is 236 Å². The average molecular weight is 582 g/mol. The molecule has 4 aromatic carbocycles. The van der Waals surface area contributed by atoms with Gasteiger partial charge < -0.3 is 4.74 Å². The van der Waals surface area contributed by atoms with Crippen LogP contribution in [0.1, 0.15) is 41.1 Å². The Kier molecular flexibility index (Phi) is 7.49. The lowest BCUT2D eigenvalue weighted by molar-refractivity contribution is -0.162. The third-order valence-corrected chi connectivity index (χ3v) is 7.84. The van der Waals surface area contributed by atoms with Gasteiger partial charge >= 0.3 is 5.97 Å². The number of anilines is 1. The first-order valence-corrected chi connectivity index (χ1v) is 13.7. The first-order valence-electron chi connectivity index (χ1n) is 12.9. The van der Waals surface area contributed by atoms with Crippen LogP contribution in [-0.2, 0) is 19.1 Å². The van der Waals surface area contributed by atoms with Crippen LogP contribution in [-0.4, -0.2) is 24.3 Å². The number of esters is 1. The summed E-state index contributed by atoms with van der Waals surface area (Å²) >= 11 is 3.49. The van der Waals surface area contributed by atoms with Crippen LogP contribution in [0.4, 0.5) is 5.69 Å². The second-order valence-electron chi connectivity index (χ2n) is 9.64. The van der Waals surface area contributed by atoms with Crippen LogP contribution in [0.2, 0.25) is 0 Å². The molecule has 0 aromatic heterocycles. The van der Waals surface area contributed by atoms with E-state index in [0.717, 1.165) is 21.2 Å². The molecule has 1 aliphatic heterocycles. The van der Waals surface area contributed by atoms with Gasteiger partial charge in [0.15, 0.2) is 5.41 Å². The molecule has 4 aromatic rings. The van der Waals surface area contributed by atoms with E-state index in [1.165, 1.54) is 4.90 Å². The van der Waals surface area contributed by atoms with Crippen LogP contribution >= 0.6 is 15.9 Å². The highest BCUT2D eigenvalue weighted by Crippen LogP contribution is 2.58. The minimum atomic E-state index is -1.89. The zero-order chi connectivity index (χ0) is 27.6. The molecular formula is C33H28BrNO4. The molecular weight excluding hydrogens is 554 g/mol. The number of hydrogen-bond donors (Lipinski definition) is 0. The zero-order valence-corrected chi connectivity index (χ0v) is 23.3. The standard InChI is InChI=1S/C33H28BrNO4/c1-3-39-32(38)33(28(23-10-6-4-7-11-23)24-12-8-5-9-13-24)29(25-16-18-26(34)19-17-25)35(31(37)30(33)36)27-20-14-22(2)15-21-27/h4-21,28-29H,3H2,1-2H3. The van der Waals surface area contributed by atoms with Crippen molar-refractivity contribution in [1.82, 2.24) is 0 Å². The number of ether oxygens (including phenoxy) is 1. The van der Waals surface area contributed by atoms with Gasteiger partial charge in [-0.2, -0.15) is 0 Å². The summed E-state index contributed by atoms with van der Waals surface area (Å²) in [4.78, 5) is 44.5. The van der Waals surface area contributed by atoms with Gasteiger partial charge in [0.25, 0.3) is 5.91 Å². The van der Waals surface area contributed by atoms with Crippen LogP contribution in [0.3, 0.4) is 0 Å². The van der Waals surface area contributed by atoms with Gasteiger partial charge in [-0.3, -0.25) is 19.3 Å². The molecule has 0 N–H and O–H groups in total. The third kappa shape index (κ3) is 4.59. The first kappa shape index (κ1) is 26.6. The van der Waals surface area contributed by atoms with E-state index < -0.39 is 35.0 Å². The molecule has 5 rings (SSSR count). The monoisotopic (exact) mass is 581 g/mol. The van der Waals surface area contributed by atoms with Crippen molar-refractivity contribution in [2.24, 2.45) is 5.41 Å². The first-order chi connectivity index (χ1) is 18.9. The van der Waals surface area contributed by atoms with Crippen molar-refractivity contribution in [2.75, 3.05) is 11.5 Å². The lowest BCUT2D eigenvalue weighted by Gasteiger charge is -2.40. The Morgan fingerprint density at radius 3 is 1.90 bits per heavy atom. The molecule has 0 aliphatic carbocycles. The highest BCUT2D eigenvalue weighted by Gasteiger charge is 2.69. The number of rotatable bonds is 7. The fourth-order valence-electron chi connectivity index (χ4n) is 5.63. The van der Waals surface area contributed by atoms with E-state index >= 15 is 0 Å². The average Bonchev–Trinajstić information content (AvgIpc) is 3.18. The number of Topliss-reactive ketones (excluding diaryl/α,β-unsaturated/α-hetero) is 1. The van der Waals surface area contributed by atoms with Crippen molar-refractivity contribution < 1.29 is 19.1 Å². The molecule has 0 saturated carbocycles. The number of aryl methyl sites for hydroxylation is 1. The molecule has 6 heteroatoms. The maximum absolute atomic E-state index is 14.5. The predicted octanol–water partition coefficient (Wildman–Crippen LogP) is 6.80. The second kappa shape index (κ2) is 11.0. The van der Waals surface area contributed by atoms with Gasteiger partial charge in [-0.05, 0) is 54.8 Å². The molecule has 1 aliphatic rings.